The zero-order valence-corrected chi connectivity index (χ0v) is 10.3. The first kappa shape index (κ1) is 13.4. The van der Waals surface area contributed by atoms with Crippen molar-refractivity contribution < 1.29 is 14.7 Å². The third kappa shape index (κ3) is 5.86. The Labute approximate surface area is 103 Å². The second-order valence-corrected chi connectivity index (χ2v) is 4.35. The van der Waals surface area contributed by atoms with Crippen molar-refractivity contribution in [3.05, 3.63) is 16.6 Å². The van der Waals surface area contributed by atoms with Gasteiger partial charge in [-0.25, -0.2) is 9.78 Å². The standard InChI is InChI=1S/C10H15N3O3S/c1-7(4-9(14)15)13-10(16)11-3-2-8-5-17-6-12-8/h5-7H,2-4H2,1H3,(H,14,15)(H2,11,13,16). The molecule has 94 valence electrons. The molecule has 0 aliphatic carbocycles. The van der Waals surface area contributed by atoms with Crippen LogP contribution in [-0.2, 0) is 11.2 Å². The lowest BCUT2D eigenvalue weighted by atomic mass is 10.2. The summed E-state index contributed by atoms with van der Waals surface area (Å²) in [6, 6.07) is -0.735. The van der Waals surface area contributed by atoms with E-state index in [4.69, 9.17) is 5.11 Å². The highest BCUT2D eigenvalue weighted by Gasteiger charge is 2.10. The number of carboxylic acid groups (broad SMARTS) is 1. The molecule has 0 spiro atoms. The summed E-state index contributed by atoms with van der Waals surface area (Å²) in [6.07, 6.45) is 0.587. The van der Waals surface area contributed by atoms with Crippen molar-refractivity contribution in [2.75, 3.05) is 6.54 Å². The van der Waals surface area contributed by atoms with E-state index in [1.165, 1.54) is 11.3 Å². The van der Waals surface area contributed by atoms with Crippen LogP contribution in [-0.4, -0.2) is 34.7 Å². The molecule has 0 aliphatic rings. The van der Waals surface area contributed by atoms with Gasteiger partial charge < -0.3 is 15.7 Å². The number of hydrogen-bond donors (Lipinski definition) is 3. The minimum Gasteiger partial charge on any atom is -0.481 e. The van der Waals surface area contributed by atoms with Gasteiger partial charge >= 0.3 is 12.0 Å². The molecule has 0 saturated heterocycles. The summed E-state index contributed by atoms with van der Waals surface area (Å²) in [6.45, 7) is 2.13. The Hall–Kier alpha value is -1.63. The topological polar surface area (TPSA) is 91.3 Å². The van der Waals surface area contributed by atoms with Crippen LogP contribution in [0.4, 0.5) is 4.79 Å². The summed E-state index contributed by atoms with van der Waals surface area (Å²) in [5.74, 6) is -0.930. The average molecular weight is 257 g/mol. The molecule has 17 heavy (non-hydrogen) atoms. The molecule has 0 fully saturated rings. The monoisotopic (exact) mass is 257 g/mol. The van der Waals surface area contributed by atoms with E-state index in [1.54, 1.807) is 12.4 Å². The number of nitrogens with one attached hydrogen (secondary N) is 2. The Bertz CT molecular complexity index is 367. The second kappa shape index (κ2) is 6.85. The first-order valence-corrected chi connectivity index (χ1v) is 6.15. The van der Waals surface area contributed by atoms with Crippen molar-refractivity contribution in [3.8, 4) is 0 Å². The lowest BCUT2D eigenvalue weighted by Crippen LogP contribution is -2.42. The van der Waals surface area contributed by atoms with Gasteiger partial charge in [0.25, 0.3) is 0 Å². The van der Waals surface area contributed by atoms with Gasteiger partial charge in [0, 0.05) is 24.4 Å². The SMILES string of the molecule is CC(CC(=O)O)NC(=O)NCCc1cscn1. The molecule has 1 aromatic rings. The van der Waals surface area contributed by atoms with E-state index in [0.717, 1.165) is 5.69 Å². The molecule has 1 atom stereocenters. The molecule has 1 unspecified atom stereocenters. The molecule has 0 aromatic carbocycles. The van der Waals surface area contributed by atoms with Gasteiger partial charge in [0.1, 0.15) is 0 Å². The summed E-state index contributed by atoms with van der Waals surface area (Å²) < 4.78 is 0. The summed E-state index contributed by atoms with van der Waals surface area (Å²) in [7, 11) is 0. The van der Waals surface area contributed by atoms with E-state index in [9.17, 15) is 9.59 Å². The predicted octanol–water partition coefficient (Wildman–Crippen LogP) is 0.848. The second-order valence-electron chi connectivity index (χ2n) is 3.63. The minimum absolute atomic E-state index is 0.0838. The number of hydrogen-bond acceptors (Lipinski definition) is 4. The van der Waals surface area contributed by atoms with Crippen molar-refractivity contribution in [3.63, 3.8) is 0 Å². The van der Waals surface area contributed by atoms with Gasteiger partial charge in [-0.05, 0) is 6.92 Å². The molecule has 1 heterocycles. The maximum atomic E-state index is 11.3. The number of rotatable bonds is 6. The van der Waals surface area contributed by atoms with Crippen LogP contribution in [0.25, 0.3) is 0 Å². The van der Waals surface area contributed by atoms with Gasteiger partial charge in [-0.15, -0.1) is 11.3 Å². The van der Waals surface area contributed by atoms with Crippen LogP contribution in [0.15, 0.2) is 10.9 Å². The molecule has 0 radical (unpaired) electrons. The van der Waals surface area contributed by atoms with Gasteiger partial charge in [0.15, 0.2) is 0 Å². The third-order valence-corrected chi connectivity index (χ3v) is 2.64. The fraction of sp³-hybridized carbons (Fsp3) is 0.500. The maximum Gasteiger partial charge on any atom is 0.315 e. The lowest BCUT2D eigenvalue weighted by Gasteiger charge is -2.12. The van der Waals surface area contributed by atoms with Crippen molar-refractivity contribution in [1.29, 1.82) is 0 Å². The lowest BCUT2D eigenvalue weighted by molar-refractivity contribution is -0.137. The maximum absolute atomic E-state index is 11.3. The summed E-state index contributed by atoms with van der Waals surface area (Å²) in [5, 5.41) is 15.6. The molecule has 0 bridgehead atoms. The van der Waals surface area contributed by atoms with Crippen molar-refractivity contribution in [2.45, 2.75) is 25.8 Å². The van der Waals surface area contributed by atoms with E-state index < -0.39 is 5.97 Å². The first-order valence-electron chi connectivity index (χ1n) is 5.21. The summed E-state index contributed by atoms with van der Waals surface area (Å²) in [5.41, 5.74) is 2.68. The van der Waals surface area contributed by atoms with Gasteiger partial charge in [0.2, 0.25) is 0 Å². The predicted molar refractivity (Wildman–Crippen MR) is 64.1 cm³/mol. The highest BCUT2D eigenvalue weighted by molar-refractivity contribution is 7.07. The molecule has 0 saturated carbocycles. The van der Waals surface area contributed by atoms with Crippen LogP contribution < -0.4 is 10.6 Å². The fourth-order valence-corrected chi connectivity index (χ4v) is 1.85. The Morgan fingerprint density at radius 3 is 2.94 bits per heavy atom. The molecule has 0 aliphatic heterocycles. The van der Waals surface area contributed by atoms with Gasteiger partial charge in [-0.1, -0.05) is 0 Å². The normalized spacial score (nSPS) is 11.8. The molecule has 6 nitrogen and oxygen atoms in total. The zero-order valence-electron chi connectivity index (χ0n) is 9.47. The number of carboxylic acids is 1. The van der Waals surface area contributed by atoms with E-state index in [1.807, 2.05) is 5.38 Å². The Morgan fingerprint density at radius 1 is 1.59 bits per heavy atom. The van der Waals surface area contributed by atoms with E-state index in [2.05, 4.69) is 15.6 Å². The van der Waals surface area contributed by atoms with Crippen LogP contribution in [0.5, 0.6) is 0 Å². The number of thiazole rings is 1. The molecule has 1 rings (SSSR count). The number of aromatic nitrogens is 1. The van der Waals surface area contributed by atoms with Crippen LogP contribution in [0.3, 0.4) is 0 Å². The number of nitrogens with zero attached hydrogens (tertiary/aromatic N) is 1. The minimum atomic E-state index is -0.930. The van der Waals surface area contributed by atoms with Crippen molar-refractivity contribution in [1.82, 2.24) is 15.6 Å². The highest BCUT2D eigenvalue weighted by Crippen LogP contribution is 2.00. The van der Waals surface area contributed by atoms with Gasteiger partial charge in [-0.2, -0.15) is 0 Å². The Balaban J connectivity index is 2.14. The smallest absolute Gasteiger partial charge is 0.315 e. The molecule has 2 amide bonds. The number of aliphatic carboxylic acids is 1. The van der Waals surface area contributed by atoms with Crippen LogP contribution >= 0.6 is 11.3 Å². The number of carbonyl (C=O) groups is 2. The van der Waals surface area contributed by atoms with E-state index in [-0.39, 0.29) is 18.5 Å². The van der Waals surface area contributed by atoms with Crippen LogP contribution in [0.2, 0.25) is 0 Å². The summed E-state index contributed by atoms with van der Waals surface area (Å²) >= 11 is 1.51. The van der Waals surface area contributed by atoms with Gasteiger partial charge in [-0.3, -0.25) is 4.79 Å². The molecule has 1 aromatic heterocycles. The fourth-order valence-electron chi connectivity index (χ4n) is 1.25. The van der Waals surface area contributed by atoms with Crippen LogP contribution in [0, 0.1) is 0 Å². The highest BCUT2D eigenvalue weighted by atomic mass is 32.1. The Kier molecular flexibility index (Phi) is 5.41. The third-order valence-electron chi connectivity index (χ3n) is 2.01. The molecule has 7 heteroatoms. The zero-order chi connectivity index (χ0) is 12.7. The number of urea groups is 1. The van der Waals surface area contributed by atoms with Crippen LogP contribution in [0.1, 0.15) is 19.0 Å². The first-order chi connectivity index (χ1) is 8.08. The Morgan fingerprint density at radius 2 is 2.35 bits per heavy atom. The largest absolute Gasteiger partial charge is 0.481 e. The van der Waals surface area contributed by atoms with Crippen molar-refractivity contribution >= 4 is 23.3 Å². The van der Waals surface area contributed by atoms with E-state index >= 15 is 0 Å². The molecular weight excluding hydrogens is 242 g/mol. The van der Waals surface area contributed by atoms with Crippen molar-refractivity contribution in [2.24, 2.45) is 0 Å². The molecular formula is C10H15N3O3S. The average Bonchev–Trinajstić information content (AvgIpc) is 2.68. The number of carbonyl (C=O) groups excluding carboxylic acids is 1. The van der Waals surface area contributed by atoms with E-state index in [0.29, 0.717) is 13.0 Å². The number of amides is 2. The summed E-state index contributed by atoms with van der Waals surface area (Å²) in [4.78, 5) is 25.8. The quantitative estimate of drug-likeness (QED) is 0.704. The molecule has 3 N–H and O–H groups in total. The van der Waals surface area contributed by atoms with Gasteiger partial charge in [0.05, 0.1) is 17.6 Å².